The van der Waals surface area contributed by atoms with E-state index in [-0.39, 0.29) is 0 Å². The van der Waals surface area contributed by atoms with E-state index in [1.165, 1.54) is 0 Å². The minimum absolute atomic E-state index is 1.00. The van der Waals surface area contributed by atoms with E-state index in [1.54, 1.807) is 0 Å². The summed E-state index contributed by atoms with van der Waals surface area (Å²) in [6.45, 7) is 1.02. The van der Waals surface area contributed by atoms with Crippen molar-refractivity contribution < 1.29 is 0 Å². The fourth-order valence-corrected chi connectivity index (χ4v) is 1.15. The molecule has 1 aliphatic rings. The number of nitrogens with zero attached hydrogens (tertiary/aromatic N) is 1. The topological polar surface area (TPSA) is 3.24 Å². The molecule has 0 aromatic heterocycles. The highest BCUT2D eigenvalue weighted by atomic mass is 79.9. The van der Waals surface area contributed by atoms with Crippen LogP contribution in [0.15, 0.2) is 36.7 Å². The molecule has 1 nitrogen and oxygen atoms in total. The molecule has 0 aromatic carbocycles. The Morgan fingerprint density at radius 3 is 2.10 bits per heavy atom. The number of halogens is 1. The van der Waals surface area contributed by atoms with Crippen molar-refractivity contribution in [3.05, 3.63) is 36.7 Å². The quantitative estimate of drug-likeness (QED) is 0.618. The lowest BCUT2D eigenvalue weighted by Gasteiger charge is -2.11. The van der Waals surface area contributed by atoms with Crippen LogP contribution in [0.25, 0.3) is 0 Å². The van der Waals surface area contributed by atoms with Crippen LogP contribution in [0.5, 0.6) is 0 Å². The van der Waals surface area contributed by atoms with E-state index in [0.717, 1.165) is 11.9 Å². The lowest BCUT2D eigenvalue weighted by atomic mass is 10.5. The molecule has 1 heterocycles. The van der Waals surface area contributed by atoms with Crippen LogP contribution in [0.1, 0.15) is 0 Å². The molecule has 0 saturated heterocycles. The zero-order chi connectivity index (χ0) is 7.23. The van der Waals surface area contributed by atoms with Crippen molar-refractivity contribution in [2.24, 2.45) is 0 Å². The Kier molecular flexibility index (Phi) is 3.30. The molecular formula is C8H10BrN. The van der Waals surface area contributed by atoms with Crippen LogP contribution in [0.3, 0.4) is 0 Å². The fraction of sp³-hybridized carbons (Fsp3) is 0.250. The second-order valence-electron chi connectivity index (χ2n) is 1.99. The van der Waals surface area contributed by atoms with Gasteiger partial charge in [-0.3, -0.25) is 0 Å². The third-order valence-electron chi connectivity index (χ3n) is 1.23. The molecule has 0 saturated carbocycles. The Morgan fingerprint density at radius 1 is 1.00 bits per heavy atom. The van der Waals surface area contributed by atoms with Crippen LogP contribution in [-0.2, 0) is 0 Å². The summed E-state index contributed by atoms with van der Waals surface area (Å²) in [6, 6.07) is 0. The first-order chi connectivity index (χ1) is 4.93. The first-order valence-electron chi connectivity index (χ1n) is 3.27. The van der Waals surface area contributed by atoms with Gasteiger partial charge in [0.25, 0.3) is 0 Å². The summed E-state index contributed by atoms with van der Waals surface area (Å²) in [7, 11) is 0. The summed E-state index contributed by atoms with van der Waals surface area (Å²) >= 11 is 3.38. The predicted molar refractivity (Wildman–Crippen MR) is 47.9 cm³/mol. The zero-order valence-corrected chi connectivity index (χ0v) is 7.29. The van der Waals surface area contributed by atoms with Crippen molar-refractivity contribution in [3.8, 4) is 0 Å². The molecule has 1 rings (SSSR count). The normalized spacial score (nSPS) is 15.9. The lowest BCUT2D eigenvalue weighted by Crippen LogP contribution is -2.11. The maximum absolute atomic E-state index is 3.38. The summed E-state index contributed by atoms with van der Waals surface area (Å²) in [5, 5.41) is 1.00. The second kappa shape index (κ2) is 4.34. The van der Waals surface area contributed by atoms with E-state index >= 15 is 0 Å². The first kappa shape index (κ1) is 7.61. The summed E-state index contributed by atoms with van der Waals surface area (Å²) in [6.07, 6.45) is 12.2. The van der Waals surface area contributed by atoms with Gasteiger partial charge in [-0.25, -0.2) is 0 Å². The van der Waals surface area contributed by atoms with Crippen LogP contribution in [-0.4, -0.2) is 16.8 Å². The fourth-order valence-electron chi connectivity index (χ4n) is 0.745. The smallest absolute Gasteiger partial charge is 0.0316 e. The van der Waals surface area contributed by atoms with Crippen LogP contribution in [0.2, 0.25) is 0 Å². The molecule has 0 aromatic rings. The van der Waals surface area contributed by atoms with E-state index in [9.17, 15) is 0 Å². The predicted octanol–water partition coefficient (Wildman–Crippen LogP) is 2.28. The van der Waals surface area contributed by atoms with Crippen molar-refractivity contribution in [3.63, 3.8) is 0 Å². The number of alkyl halides is 1. The average molecular weight is 200 g/mol. The molecular weight excluding hydrogens is 190 g/mol. The first-order valence-corrected chi connectivity index (χ1v) is 4.39. The van der Waals surface area contributed by atoms with Gasteiger partial charge in [0, 0.05) is 24.3 Å². The van der Waals surface area contributed by atoms with Gasteiger partial charge in [0.05, 0.1) is 0 Å². The molecule has 0 N–H and O–H groups in total. The average Bonchev–Trinajstić information content (AvgIpc) is 2.17. The highest BCUT2D eigenvalue weighted by Gasteiger charge is 1.90. The van der Waals surface area contributed by atoms with Gasteiger partial charge in [0.15, 0.2) is 0 Å². The summed E-state index contributed by atoms with van der Waals surface area (Å²) in [5.74, 6) is 0. The van der Waals surface area contributed by atoms with E-state index in [0.29, 0.717) is 0 Å². The van der Waals surface area contributed by atoms with Crippen molar-refractivity contribution in [1.29, 1.82) is 0 Å². The Bertz CT molecular complexity index is 154. The van der Waals surface area contributed by atoms with Gasteiger partial charge in [-0.1, -0.05) is 28.1 Å². The van der Waals surface area contributed by atoms with Crippen molar-refractivity contribution in [1.82, 2.24) is 4.90 Å². The molecule has 10 heavy (non-hydrogen) atoms. The minimum atomic E-state index is 1.00. The second-order valence-corrected chi connectivity index (χ2v) is 2.79. The van der Waals surface area contributed by atoms with Gasteiger partial charge in [-0.05, 0) is 12.2 Å². The highest BCUT2D eigenvalue weighted by molar-refractivity contribution is 9.09. The van der Waals surface area contributed by atoms with Crippen LogP contribution in [0.4, 0.5) is 0 Å². The summed E-state index contributed by atoms with van der Waals surface area (Å²) < 4.78 is 0. The molecule has 0 atom stereocenters. The third kappa shape index (κ3) is 2.40. The van der Waals surface area contributed by atoms with Crippen LogP contribution in [0, 0.1) is 0 Å². The van der Waals surface area contributed by atoms with E-state index in [4.69, 9.17) is 0 Å². The molecule has 0 unspecified atom stereocenters. The number of hydrogen-bond donors (Lipinski definition) is 0. The Hall–Kier alpha value is -0.500. The van der Waals surface area contributed by atoms with E-state index < -0.39 is 0 Å². The molecule has 2 heteroatoms. The maximum Gasteiger partial charge on any atom is 0.0316 e. The van der Waals surface area contributed by atoms with Gasteiger partial charge in [-0.15, -0.1) is 0 Å². The largest absolute Gasteiger partial charge is 0.353 e. The zero-order valence-electron chi connectivity index (χ0n) is 5.70. The SMILES string of the molecule is BrCCN1C=CC=CC=C1. The molecule has 0 aliphatic carbocycles. The Labute approximate surface area is 69.8 Å². The van der Waals surface area contributed by atoms with Gasteiger partial charge in [0.1, 0.15) is 0 Å². The third-order valence-corrected chi connectivity index (χ3v) is 1.59. The molecule has 0 radical (unpaired) electrons. The number of rotatable bonds is 2. The molecule has 0 fully saturated rings. The monoisotopic (exact) mass is 199 g/mol. The van der Waals surface area contributed by atoms with Gasteiger partial charge in [-0.2, -0.15) is 0 Å². The Morgan fingerprint density at radius 2 is 1.60 bits per heavy atom. The minimum Gasteiger partial charge on any atom is -0.353 e. The van der Waals surface area contributed by atoms with Crippen molar-refractivity contribution in [2.45, 2.75) is 0 Å². The molecule has 0 amide bonds. The number of allylic oxidation sites excluding steroid dienone is 4. The highest BCUT2D eigenvalue weighted by Crippen LogP contribution is 1.98. The van der Waals surface area contributed by atoms with E-state index in [1.807, 2.05) is 24.3 Å². The molecule has 0 bridgehead atoms. The standard InChI is InChI=1S/C8H10BrN/c9-5-8-10-6-3-1-2-4-7-10/h1-4,6-7H,5,8H2. The van der Waals surface area contributed by atoms with Crippen molar-refractivity contribution in [2.75, 3.05) is 11.9 Å². The van der Waals surface area contributed by atoms with Gasteiger partial charge in [0.2, 0.25) is 0 Å². The van der Waals surface area contributed by atoms with E-state index in [2.05, 4.69) is 33.2 Å². The van der Waals surface area contributed by atoms with Crippen molar-refractivity contribution >= 4 is 15.9 Å². The van der Waals surface area contributed by atoms with Crippen LogP contribution >= 0.6 is 15.9 Å². The molecule has 1 aliphatic heterocycles. The number of hydrogen-bond acceptors (Lipinski definition) is 1. The summed E-state index contributed by atoms with van der Waals surface area (Å²) in [5.41, 5.74) is 0. The van der Waals surface area contributed by atoms with Gasteiger partial charge < -0.3 is 4.90 Å². The molecule has 54 valence electrons. The van der Waals surface area contributed by atoms with Crippen LogP contribution < -0.4 is 0 Å². The molecule has 0 spiro atoms. The Balaban J connectivity index is 2.46. The maximum atomic E-state index is 3.38. The summed E-state index contributed by atoms with van der Waals surface area (Å²) in [4.78, 5) is 2.13. The lowest BCUT2D eigenvalue weighted by molar-refractivity contribution is 0.544. The van der Waals surface area contributed by atoms with Gasteiger partial charge >= 0.3 is 0 Å².